The Bertz CT molecular complexity index is 755. The third-order valence-corrected chi connectivity index (χ3v) is 4.16. The summed E-state index contributed by atoms with van der Waals surface area (Å²) in [5.41, 5.74) is 12.5. The van der Waals surface area contributed by atoms with E-state index in [-0.39, 0.29) is 0 Å². The third-order valence-electron chi connectivity index (χ3n) is 4.16. The Morgan fingerprint density at radius 3 is 2.62 bits per heavy atom. The second kappa shape index (κ2) is 5.74. The van der Waals surface area contributed by atoms with Gasteiger partial charge in [-0.15, -0.1) is 0 Å². The molecule has 0 fully saturated rings. The van der Waals surface area contributed by atoms with E-state index in [2.05, 4.69) is 67.5 Å². The largest absolute Gasteiger partial charge is 0.361 e. The number of fused-ring (bicyclic) bond motifs is 1. The van der Waals surface area contributed by atoms with E-state index in [0.29, 0.717) is 12.5 Å². The van der Waals surface area contributed by atoms with E-state index < -0.39 is 0 Å². The first-order valence-electron chi connectivity index (χ1n) is 7.50. The summed E-state index contributed by atoms with van der Waals surface area (Å²) in [5.74, 6) is 0.349. The molecular formula is C19H22N2. The molecule has 3 rings (SSSR count). The summed E-state index contributed by atoms with van der Waals surface area (Å²) in [6.07, 6.45) is 3.11. The summed E-state index contributed by atoms with van der Waals surface area (Å²) in [6.45, 7) is 4.93. The fourth-order valence-corrected chi connectivity index (χ4v) is 3.04. The molecule has 0 saturated heterocycles. The summed E-state index contributed by atoms with van der Waals surface area (Å²) < 4.78 is 0. The van der Waals surface area contributed by atoms with Gasteiger partial charge in [0.15, 0.2) is 0 Å². The molecule has 2 aromatic carbocycles. The smallest absolute Gasteiger partial charge is 0.0457 e. The van der Waals surface area contributed by atoms with Crippen molar-refractivity contribution in [1.82, 2.24) is 4.98 Å². The molecule has 108 valence electrons. The van der Waals surface area contributed by atoms with Crippen LogP contribution in [0.3, 0.4) is 0 Å². The maximum absolute atomic E-state index is 6.07. The number of hydrogen-bond donors (Lipinski definition) is 2. The number of aromatic amines is 1. The van der Waals surface area contributed by atoms with E-state index in [1.807, 2.05) is 0 Å². The van der Waals surface area contributed by atoms with Crippen LogP contribution in [0.5, 0.6) is 0 Å². The van der Waals surface area contributed by atoms with Crippen LogP contribution in [0.1, 0.15) is 28.2 Å². The van der Waals surface area contributed by atoms with Crippen LogP contribution in [0.2, 0.25) is 0 Å². The van der Waals surface area contributed by atoms with Crippen molar-refractivity contribution in [3.63, 3.8) is 0 Å². The second-order valence-corrected chi connectivity index (χ2v) is 5.92. The summed E-state index contributed by atoms with van der Waals surface area (Å²) in [7, 11) is 0. The van der Waals surface area contributed by atoms with Crippen LogP contribution >= 0.6 is 0 Å². The van der Waals surface area contributed by atoms with Gasteiger partial charge in [0.25, 0.3) is 0 Å². The molecule has 1 unspecified atom stereocenters. The van der Waals surface area contributed by atoms with Gasteiger partial charge >= 0.3 is 0 Å². The van der Waals surface area contributed by atoms with Crippen molar-refractivity contribution >= 4 is 10.9 Å². The SMILES string of the molecule is Cc1cccc(CC(CN)c2c[nH]c3ccc(C)cc23)c1. The lowest BCUT2D eigenvalue weighted by atomic mass is 9.91. The third kappa shape index (κ3) is 2.86. The maximum Gasteiger partial charge on any atom is 0.0457 e. The van der Waals surface area contributed by atoms with Crippen LogP contribution in [0.4, 0.5) is 0 Å². The van der Waals surface area contributed by atoms with Gasteiger partial charge in [0.2, 0.25) is 0 Å². The minimum atomic E-state index is 0.349. The summed E-state index contributed by atoms with van der Waals surface area (Å²) in [6, 6.07) is 15.2. The Morgan fingerprint density at radius 2 is 1.86 bits per heavy atom. The first-order valence-corrected chi connectivity index (χ1v) is 7.50. The standard InChI is InChI=1S/C19H22N2/c1-13-4-3-5-15(8-13)10-16(11-20)18-12-21-19-7-6-14(2)9-17(18)19/h3-9,12,16,21H,10-11,20H2,1-2H3. The zero-order chi connectivity index (χ0) is 14.8. The van der Waals surface area contributed by atoms with Gasteiger partial charge in [0, 0.05) is 23.0 Å². The number of H-pyrrole nitrogens is 1. The molecule has 0 radical (unpaired) electrons. The van der Waals surface area contributed by atoms with E-state index in [1.165, 1.54) is 33.2 Å². The molecule has 2 nitrogen and oxygen atoms in total. The van der Waals surface area contributed by atoms with Crippen molar-refractivity contribution in [2.45, 2.75) is 26.2 Å². The van der Waals surface area contributed by atoms with Gasteiger partial charge in [-0.3, -0.25) is 0 Å². The topological polar surface area (TPSA) is 41.8 Å². The number of hydrogen-bond acceptors (Lipinski definition) is 1. The number of aryl methyl sites for hydroxylation is 2. The van der Waals surface area contributed by atoms with Gasteiger partial charge in [-0.05, 0) is 50.1 Å². The molecule has 2 heteroatoms. The number of nitrogens with two attached hydrogens (primary N) is 1. The second-order valence-electron chi connectivity index (χ2n) is 5.92. The molecule has 3 aromatic rings. The maximum atomic E-state index is 6.07. The fourth-order valence-electron chi connectivity index (χ4n) is 3.04. The fraction of sp³-hybridized carbons (Fsp3) is 0.263. The monoisotopic (exact) mass is 278 g/mol. The molecule has 1 aromatic heterocycles. The molecule has 3 N–H and O–H groups in total. The summed E-state index contributed by atoms with van der Waals surface area (Å²) in [5, 5.41) is 1.30. The highest BCUT2D eigenvalue weighted by molar-refractivity contribution is 5.84. The van der Waals surface area contributed by atoms with E-state index in [0.717, 1.165) is 6.42 Å². The van der Waals surface area contributed by atoms with Crippen LogP contribution in [-0.2, 0) is 6.42 Å². The van der Waals surface area contributed by atoms with E-state index in [9.17, 15) is 0 Å². The summed E-state index contributed by atoms with van der Waals surface area (Å²) >= 11 is 0. The van der Waals surface area contributed by atoms with E-state index in [4.69, 9.17) is 5.73 Å². The first-order chi connectivity index (χ1) is 10.2. The summed E-state index contributed by atoms with van der Waals surface area (Å²) in [4.78, 5) is 3.37. The van der Waals surface area contributed by atoms with Gasteiger partial charge in [-0.1, -0.05) is 41.5 Å². The Labute approximate surface area is 126 Å². The van der Waals surface area contributed by atoms with Crippen molar-refractivity contribution in [1.29, 1.82) is 0 Å². The minimum absolute atomic E-state index is 0.349. The highest BCUT2D eigenvalue weighted by Gasteiger charge is 2.15. The average Bonchev–Trinajstić information content (AvgIpc) is 2.88. The van der Waals surface area contributed by atoms with Crippen molar-refractivity contribution in [2.75, 3.05) is 6.54 Å². The van der Waals surface area contributed by atoms with Crippen LogP contribution in [0.15, 0.2) is 48.7 Å². The van der Waals surface area contributed by atoms with E-state index in [1.54, 1.807) is 0 Å². The molecule has 0 saturated carbocycles. The number of rotatable bonds is 4. The lowest BCUT2D eigenvalue weighted by molar-refractivity contribution is 0.699. The van der Waals surface area contributed by atoms with Crippen LogP contribution in [0, 0.1) is 13.8 Å². The molecule has 0 bridgehead atoms. The van der Waals surface area contributed by atoms with Crippen molar-refractivity contribution in [3.05, 3.63) is 70.9 Å². The van der Waals surface area contributed by atoms with Crippen LogP contribution in [-0.4, -0.2) is 11.5 Å². The predicted molar refractivity (Wildman–Crippen MR) is 89.7 cm³/mol. The molecule has 0 aliphatic rings. The van der Waals surface area contributed by atoms with Gasteiger partial charge in [0.05, 0.1) is 0 Å². The van der Waals surface area contributed by atoms with Crippen LogP contribution in [0.25, 0.3) is 10.9 Å². The molecule has 1 heterocycles. The van der Waals surface area contributed by atoms with Gasteiger partial charge in [-0.2, -0.15) is 0 Å². The quantitative estimate of drug-likeness (QED) is 0.742. The van der Waals surface area contributed by atoms with Crippen LogP contribution < -0.4 is 5.73 Å². The Balaban J connectivity index is 1.96. The van der Waals surface area contributed by atoms with E-state index >= 15 is 0 Å². The molecule has 1 atom stereocenters. The lowest BCUT2D eigenvalue weighted by Gasteiger charge is -2.15. The molecule has 0 aliphatic heterocycles. The Morgan fingerprint density at radius 1 is 1.05 bits per heavy atom. The lowest BCUT2D eigenvalue weighted by Crippen LogP contribution is -2.14. The normalized spacial score (nSPS) is 12.7. The molecule has 0 spiro atoms. The zero-order valence-corrected chi connectivity index (χ0v) is 12.7. The highest BCUT2D eigenvalue weighted by Crippen LogP contribution is 2.28. The molecule has 21 heavy (non-hydrogen) atoms. The Kier molecular flexibility index (Phi) is 3.80. The average molecular weight is 278 g/mol. The minimum Gasteiger partial charge on any atom is -0.361 e. The molecule has 0 aliphatic carbocycles. The van der Waals surface area contributed by atoms with Crippen molar-refractivity contribution in [2.24, 2.45) is 5.73 Å². The van der Waals surface area contributed by atoms with Crippen molar-refractivity contribution < 1.29 is 0 Å². The first kappa shape index (κ1) is 13.9. The molecular weight excluding hydrogens is 256 g/mol. The van der Waals surface area contributed by atoms with Crippen molar-refractivity contribution in [3.8, 4) is 0 Å². The number of benzene rings is 2. The van der Waals surface area contributed by atoms with Gasteiger partial charge < -0.3 is 10.7 Å². The predicted octanol–water partition coefficient (Wildman–Crippen LogP) is 4.07. The Hall–Kier alpha value is -2.06. The number of nitrogens with one attached hydrogen (secondary N) is 1. The zero-order valence-electron chi connectivity index (χ0n) is 12.7. The molecule has 0 amide bonds. The number of aromatic nitrogens is 1. The van der Waals surface area contributed by atoms with Gasteiger partial charge in [-0.25, -0.2) is 0 Å². The van der Waals surface area contributed by atoms with Gasteiger partial charge in [0.1, 0.15) is 0 Å². The highest BCUT2D eigenvalue weighted by atomic mass is 14.7.